The van der Waals surface area contributed by atoms with Crippen molar-refractivity contribution in [3.05, 3.63) is 83.9 Å². The van der Waals surface area contributed by atoms with E-state index in [-0.39, 0.29) is 5.91 Å². The zero-order chi connectivity index (χ0) is 17.1. The van der Waals surface area contributed by atoms with Crippen LogP contribution in [0.4, 0.5) is 0 Å². The molecular formula is C20H19N3O2. The van der Waals surface area contributed by atoms with Gasteiger partial charge in [0.2, 0.25) is 0 Å². The Hall–Kier alpha value is -3.08. The molecule has 0 unspecified atom stereocenters. The maximum absolute atomic E-state index is 12.4. The molecule has 3 aromatic rings. The first-order chi connectivity index (χ1) is 12.3. The van der Waals surface area contributed by atoms with Gasteiger partial charge in [0.25, 0.3) is 5.91 Å². The molecule has 5 nitrogen and oxygen atoms in total. The van der Waals surface area contributed by atoms with Crippen molar-refractivity contribution >= 4 is 5.91 Å². The van der Waals surface area contributed by atoms with E-state index in [0.29, 0.717) is 13.0 Å². The lowest BCUT2D eigenvalue weighted by atomic mass is 10.1. The zero-order valence-electron chi connectivity index (χ0n) is 13.8. The third kappa shape index (κ3) is 3.55. The largest absolute Gasteiger partial charge is 0.480 e. The van der Waals surface area contributed by atoms with Gasteiger partial charge in [-0.2, -0.15) is 0 Å². The Kier molecular flexibility index (Phi) is 4.21. The number of imidazole rings is 1. The van der Waals surface area contributed by atoms with Crippen molar-refractivity contribution in [2.24, 2.45) is 0 Å². The summed E-state index contributed by atoms with van der Waals surface area (Å²) in [4.78, 5) is 16.4. The maximum atomic E-state index is 12.4. The van der Waals surface area contributed by atoms with Crippen LogP contribution in [0.5, 0.6) is 5.75 Å². The number of carbonyl (C=O) groups excluding carboxylic acids is 1. The van der Waals surface area contributed by atoms with Crippen molar-refractivity contribution in [2.45, 2.75) is 25.6 Å². The van der Waals surface area contributed by atoms with Gasteiger partial charge in [0.05, 0.1) is 6.33 Å². The van der Waals surface area contributed by atoms with E-state index in [1.54, 1.807) is 12.5 Å². The van der Waals surface area contributed by atoms with Crippen molar-refractivity contribution in [3.8, 4) is 5.75 Å². The van der Waals surface area contributed by atoms with Gasteiger partial charge in [0, 0.05) is 31.9 Å². The van der Waals surface area contributed by atoms with Crippen LogP contribution >= 0.6 is 0 Å². The second-order valence-electron chi connectivity index (χ2n) is 6.19. The second kappa shape index (κ2) is 6.81. The second-order valence-corrected chi connectivity index (χ2v) is 6.19. The van der Waals surface area contributed by atoms with Crippen LogP contribution in [0.25, 0.3) is 0 Å². The average Bonchev–Trinajstić information content (AvgIpc) is 3.29. The third-order valence-corrected chi connectivity index (χ3v) is 4.32. The molecule has 1 aromatic heterocycles. The summed E-state index contributed by atoms with van der Waals surface area (Å²) in [5.74, 6) is 0.737. The lowest BCUT2D eigenvalue weighted by Gasteiger charge is -2.12. The highest BCUT2D eigenvalue weighted by molar-refractivity contribution is 5.82. The Bertz CT molecular complexity index is 849. The fraction of sp³-hybridized carbons (Fsp3) is 0.200. The summed E-state index contributed by atoms with van der Waals surface area (Å²) in [6.45, 7) is 1.26. The van der Waals surface area contributed by atoms with Crippen molar-refractivity contribution in [3.63, 3.8) is 0 Å². The van der Waals surface area contributed by atoms with Gasteiger partial charge in [-0.1, -0.05) is 42.5 Å². The molecule has 25 heavy (non-hydrogen) atoms. The van der Waals surface area contributed by atoms with E-state index in [2.05, 4.69) is 22.4 Å². The minimum absolute atomic E-state index is 0.0730. The lowest BCUT2D eigenvalue weighted by molar-refractivity contribution is -0.127. The Morgan fingerprint density at radius 3 is 2.92 bits per heavy atom. The van der Waals surface area contributed by atoms with Gasteiger partial charge in [-0.25, -0.2) is 4.98 Å². The molecule has 2 aromatic carbocycles. The minimum atomic E-state index is -0.438. The maximum Gasteiger partial charge on any atom is 0.261 e. The summed E-state index contributed by atoms with van der Waals surface area (Å²) in [7, 11) is 0. The summed E-state index contributed by atoms with van der Waals surface area (Å²) in [5, 5.41) is 2.98. The highest BCUT2D eigenvalue weighted by atomic mass is 16.5. The van der Waals surface area contributed by atoms with Crippen LogP contribution in [-0.4, -0.2) is 21.6 Å². The number of ether oxygens (including phenoxy) is 1. The number of amides is 1. The molecule has 0 radical (unpaired) electrons. The number of benzene rings is 2. The zero-order valence-corrected chi connectivity index (χ0v) is 13.8. The topological polar surface area (TPSA) is 56.2 Å². The van der Waals surface area contributed by atoms with Crippen LogP contribution in [0.15, 0.2) is 67.3 Å². The first kappa shape index (κ1) is 15.4. The molecule has 1 amide bonds. The Morgan fingerprint density at radius 2 is 2.08 bits per heavy atom. The summed E-state index contributed by atoms with van der Waals surface area (Å²) in [6, 6.07) is 16.0. The van der Waals surface area contributed by atoms with Crippen LogP contribution in [0.2, 0.25) is 0 Å². The quantitative estimate of drug-likeness (QED) is 0.781. The molecule has 4 rings (SSSR count). The number of hydrogen-bond donors (Lipinski definition) is 1. The van der Waals surface area contributed by atoms with Gasteiger partial charge in [-0.15, -0.1) is 0 Å². The first-order valence-electron chi connectivity index (χ1n) is 8.34. The third-order valence-electron chi connectivity index (χ3n) is 4.32. The summed E-state index contributed by atoms with van der Waals surface area (Å²) >= 11 is 0. The molecule has 126 valence electrons. The van der Waals surface area contributed by atoms with E-state index in [9.17, 15) is 4.79 Å². The number of rotatable bonds is 5. The molecule has 5 heteroatoms. The first-order valence-corrected chi connectivity index (χ1v) is 8.34. The van der Waals surface area contributed by atoms with Crippen molar-refractivity contribution in [1.82, 2.24) is 14.9 Å². The molecule has 2 heterocycles. The summed E-state index contributed by atoms with van der Waals surface area (Å²) < 4.78 is 7.74. The highest BCUT2D eigenvalue weighted by Crippen LogP contribution is 2.28. The molecule has 1 aliphatic heterocycles. The van der Waals surface area contributed by atoms with Gasteiger partial charge in [-0.3, -0.25) is 4.79 Å². The lowest BCUT2D eigenvalue weighted by Crippen LogP contribution is -2.37. The van der Waals surface area contributed by atoms with Crippen LogP contribution in [0, 0.1) is 0 Å². The normalized spacial score (nSPS) is 15.4. The summed E-state index contributed by atoms with van der Waals surface area (Å²) in [5.41, 5.74) is 3.33. The fourth-order valence-electron chi connectivity index (χ4n) is 3.06. The molecule has 0 bridgehead atoms. The Labute approximate surface area is 146 Å². The molecule has 0 aliphatic carbocycles. The monoisotopic (exact) mass is 333 g/mol. The fourth-order valence-corrected chi connectivity index (χ4v) is 3.06. The predicted molar refractivity (Wildman–Crippen MR) is 94.2 cm³/mol. The minimum Gasteiger partial charge on any atom is -0.480 e. The number of aromatic nitrogens is 2. The van der Waals surface area contributed by atoms with Crippen LogP contribution < -0.4 is 10.1 Å². The Morgan fingerprint density at radius 1 is 1.20 bits per heavy atom. The smallest absolute Gasteiger partial charge is 0.261 e. The molecular weight excluding hydrogens is 314 g/mol. The van der Waals surface area contributed by atoms with Gasteiger partial charge in [0.15, 0.2) is 6.10 Å². The number of carbonyl (C=O) groups is 1. The molecule has 1 atom stereocenters. The predicted octanol–water partition coefficient (Wildman–Crippen LogP) is 2.55. The van der Waals surface area contributed by atoms with E-state index in [0.717, 1.165) is 23.4 Å². The number of nitrogens with one attached hydrogen (secondary N) is 1. The molecule has 1 aliphatic rings. The molecule has 0 saturated carbocycles. The number of hydrogen-bond acceptors (Lipinski definition) is 3. The van der Waals surface area contributed by atoms with E-state index in [4.69, 9.17) is 4.74 Å². The van der Waals surface area contributed by atoms with Crippen molar-refractivity contribution in [2.75, 3.05) is 0 Å². The standard InChI is InChI=1S/C20H19N3O2/c24-20(19-11-17-6-1-2-7-18(17)25-19)22-12-15-4-3-5-16(10-15)13-23-9-8-21-14-23/h1-10,14,19H,11-13H2,(H,22,24)/t19-/m0/s1. The highest BCUT2D eigenvalue weighted by Gasteiger charge is 2.28. The van der Waals surface area contributed by atoms with Gasteiger partial charge >= 0.3 is 0 Å². The van der Waals surface area contributed by atoms with Crippen molar-refractivity contribution in [1.29, 1.82) is 0 Å². The number of fused-ring (bicyclic) bond motifs is 1. The van der Waals surface area contributed by atoms with E-state index >= 15 is 0 Å². The SMILES string of the molecule is O=C(NCc1cccc(Cn2ccnc2)c1)[C@@H]1Cc2ccccc2O1. The molecule has 1 N–H and O–H groups in total. The molecule has 0 fully saturated rings. The van der Waals surface area contributed by atoms with Crippen LogP contribution in [0.3, 0.4) is 0 Å². The van der Waals surface area contributed by atoms with Crippen LogP contribution in [0.1, 0.15) is 16.7 Å². The van der Waals surface area contributed by atoms with E-state index < -0.39 is 6.10 Å². The Balaban J connectivity index is 1.35. The van der Waals surface area contributed by atoms with Gasteiger partial charge in [0.1, 0.15) is 5.75 Å². The van der Waals surface area contributed by atoms with Crippen molar-refractivity contribution < 1.29 is 9.53 Å². The van der Waals surface area contributed by atoms with E-state index in [1.807, 2.05) is 47.2 Å². The molecule has 0 saturated heterocycles. The molecule has 0 spiro atoms. The van der Waals surface area contributed by atoms with E-state index in [1.165, 1.54) is 5.56 Å². The van der Waals surface area contributed by atoms with Gasteiger partial charge in [-0.05, 0) is 22.8 Å². The number of para-hydroxylation sites is 1. The van der Waals surface area contributed by atoms with Crippen LogP contribution in [-0.2, 0) is 24.3 Å². The van der Waals surface area contributed by atoms with Gasteiger partial charge < -0.3 is 14.6 Å². The average molecular weight is 333 g/mol. The summed E-state index contributed by atoms with van der Waals surface area (Å²) in [6.07, 6.45) is 5.69. The number of nitrogens with zero attached hydrogens (tertiary/aromatic N) is 2.